The molecule has 0 radical (unpaired) electrons. The van der Waals surface area contributed by atoms with E-state index in [1.54, 1.807) is 11.2 Å². The maximum atomic E-state index is 6.02. The molecule has 138 valence electrons. The maximum absolute atomic E-state index is 6.02. The number of hydrogen-bond acceptors (Lipinski definition) is 5. The Morgan fingerprint density at radius 1 is 1.31 bits per heavy atom. The summed E-state index contributed by atoms with van der Waals surface area (Å²) in [4.78, 5) is 2.30. The first-order valence-electron chi connectivity index (χ1n) is 8.38. The van der Waals surface area contributed by atoms with Crippen LogP contribution in [0.1, 0.15) is 5.76 Å². The van der Waals surface area contributed by atoms with Gasteiger partial charge < -0.3 is 14.9 Å². The fraction of sp³-hybridized carbons (Fsp3) is 0.333. The van der Waals surface area contributed by atoms with Crippen molar-refractivity contribution in [2.45, 2.75) is 0 Å². The lowest BCUT2D eigenvalue weighted by atomic mass is 10.2. The minimum atomic E-state index is 0.233. The first-order chi connectivity index (χ1) is 12.6. The van der Waals surface area contributed by atoms with Crippen molar-refractivity contribution >= 4 is 35.1 Å². The molecule has 0 amide bonds. The zero-order valence-corrected chi connectivity index (χ0v) is 15.9. The van der Waals surface area contributed by atoms with E-state index in [4.69, 9.17) is 38.7 Å². The highest BCUT2D eigenvalue weighted by molar-refractivity contribution is 7.80. The normalized spacial score (nSPS) is 15.4. The van der Waals surface area contributed by atoms with Crippen LogP contribution >= 0.6 is 23.8 Å². The largest absolute Gasteiger partial charge is 0.455 e. The second kappa shape index (κ2) is 9.14. The third kappa shape index (κ3) is 5.28. The van der Waals surface area contributed by atoms with Gasteiger partial charge in [-0.25, -0.2) is 5.01 Å². The van der Waals surface area contributed by atoms with Gasteiger partial charge in [0.05, 0.1) is 26.0 Å². The van der Waals surface area contributed by atoms with Gasteiger partial charge in [-0.15, -0.1) is 0 Å². The highest BCUT2D eigenvalue weighted by Crippen LogP contribution is 2.24. The molecule has 2 N–H and O–H groups in total. The fourth-order valence-electron chi connectivity index (χ4n) is 2.63. The Balaban J connectivity index is 1.61. The van der Waals surface area contributed by atoms with Gasteiger partial charge in [0.1, 0.15) is 11.5 Å². The van der Waals surface area contributed by atoms with Gasteiger partial charge >= 0.3 is 0 Å². The second-order valence-electron chi connectivity index (χ2n) is 5.87. The van der Waals surface area contributed by atoms with Crippen molar-refractivity contribution in [3.63, 3.8) is 0 Å². The molecule has 1 aromatic heterocycles. The highest BCUT2D eigenvalue weighted by Gasteiger charge is 2.13. The topological polar surface area (TPSA) is 67.2 Å². The van der Waals surface area contributed by atoms with Crippen molar-refractivity contribution in [3.05, 3.63) is 47.2 Å². The second-order valence-corrected chi connectivity index (χ2v) is 6.73. The van der Waals surface area contributed by atoms with Crippen LogP contribution in [0.5, 0.6) is 0 Å². The van der Waals surface area contributed by atoms with Crippen LogP contribution in [0.25, 0.3) is 11.3 Å². The number of nitrogens with zero attached hydrogens (tertiary/aromatic N) is 3. The van der Waals surface area contributed by atoms with Crippen LogP contribution in [0, 0.1) is 0 Å². The molecule has 1 aliphatic rings. The summed E-state index contributed by atoms with van der Waals surface area (Å²) in [6.07, 6.45) is 1.62. The molecule has 2 aromatic rings. The SMILES string of the molecule is NC(=S)N(CCN1CCOCC1)/N=C/c1ccc(-c2cccc(Cl)c2)o1. The molecule has 1 saturated heterocycles. The molecular weight excluding hydrogens is 372 g/mol. The van der Waals surface area contributed by atoms with Crippen molar-refractivity contribution in [1.29, 1.82) is 0 Å². The van der Waals surface area contributed by atoms with Crippen molar-refractivity contribution in [2.24, 2.45) is 10.8 Å². The Bertz CT molecular complexity index is 774. The van der Waals surface area contributed by atoms with Crippen molar-refractivity contribution in [2.75, 3.05) is 39.4 Å². The lowest BCUT2D eigenvalue weighted by Gasteiger charge is -2.28. The van der Waals surface area contributed by atoms with Gasteiger partial charge in [-0.3, -0.25) is 4.90 Å². The molecule has 0 saturated carbocycles. The Labute approximate surface area is 163 Å². The summed E-state index contributed by atoms with van der Waals surface area (Å²) in [7, 11) is 0. The summed E-state index contributed by atoms with van der Waals surface area (Å²) in [6.45, 7) is 4.79. The summed E-state index contributed by atoms with van der Waals surface area (Å²) in [5.41, 5.74) is 6.70. The van der Waals surface area contributed by atoms with Gasteiger partial charge in [0.2, 0.25) is 0 Å². The average Bonchev–Trinajstić information content (AvgIpc) is 3.11. The number of benzene rings is 1. The van der Waals surface area contributed by atoms with Gasteiger partial charge in [0.25, 0.3) is 0 Å². The van der Waals surface area contributed by atoms with Gasteiger partial charge in [0.15, 0.2) is 5.11 Å². The third-order valence-electron chi connectivity index (χ3n) is 4.05. The Kier molecular flexibility index (Phi) is 6.62. The molecule has 3 rings (SSSR count). The van der Waals surface area contributed by atoms with E-state index in [2.05, 4.69) is 10.0 Å². The van der Waals surface area contributed by atoms with Crippen LogP contribution < -0.4 is 5.73 Å². The number of hydrogen-bond donors (Lipinski definition) is 1. The average molecular weight is 393 g/mol. The fourth-order valence-corrected chi connectivity index (χ4v) is 2.96. The van der Waals surface area contributed by atoms with Gasteiger partial charge in [-0.05, 0) is 36.5 Å². The molecular formula is C18H21ClN4O2S. The summed E-state index contributed by atoms with van der Waals surface area (Å²) in [5, 5.41) is 6.87. The van der Waals surface area contributed by atoms with Crippen LogP contribution in [-0.4, -0.2) is 60.6 Å². The van der Waals surface area contributed by atoms with E-state index in [9.17, 15) is 0 Å². The molecule has 0 atom stereocenters. The summed E-state index contributed by atoms with van der Waals surface area (Å²) >= 11 is 11.1. The van der Waals surface area contributed by atoms with Gasteiger partial charge in [0, 0.05) is 30.2 Å². The number of morpholine rings is 1. The minimum absolute atomic E-state index is 0.233. The van der Waals surface area contributed by atoms with E-state index in [0.717, 1.165) is 44.2 Å². The first-order valence-corrected chi connectivity index (χ1v) is 9.17. The molecule has 1 fully saturated rings. The first kappa shape index (κ1) is 18.8. The van der Waals surface area contributed by atoms with Crippen LogP contribution in [0.4, 0.5) is 0 Å². The lowest BCUT2D eigenvalue weighted by Crippen LogP contribution is -2.42. The lowest BCUT2D eigenvalue weighted by molar-refractivity contribution is 0.0360. The van der Waals surface area contributed by atoms with E-state index in [-0.39, 0.29) is 5.11 Å². The zero-order valence-electron chi connectivity index (χ0n) is 14.3. The third-order valence-corrected chi connectivity index (χ3v) is 4.49. The number of ether oxygens (including phenoxy) is 1. The van der Waals surface area contributed by atoms with Crippen LogP contribution in [0.15, 0.2) is 45.9 Å². The molecule has 0 unspecified atom stereocenters. The van der Waals surface area contributed by atoms with Gasteiger partial charge in [-0.1, -0.05) is 23.7 Å². The highest BCUT2D eigenvalue weighted by atomic mass is 35.5. The van der Waals surface area contributed by atoms with Crippen molar-refractivity contribution < 1.29 is 9.15 Å². The summed E-state index contributed by atoms with van der Waals surface area (Å²) in [5.74, 6) is 1.34. The maximum Gasteiger partial charge on any atom is 0.187 e. The summed E-state index contributed by atoms with van der Waals surface area (Å²) < 4.78 is 11.2. The number of rotatable bonds is 6. The summed E-state index contributed by atoms with van der Waals surface area (Å²) in [6, 6.07) is 11.2. The molecule has 8 heteroatoms. The molecule has 1 aliphatic heterocycles. The molecule has 1 aromatic carbocycles. The molecule has 26 heavy (non-hydrogen) atoms. The van der Waals surface area contributed by atoms with E-state index in [1.165, 1.54) is 0 Å². The molecule has 0 bridgehead atoms. The molecule has 2 heterocycles. The number of thiocarbonyl (C=S) groups is 1. The van der Waals surface area contributed by atoms with Crippen LogP contribution in [0.3, 0.4) is 0 Å². The molecule has 6 nitrogen and oxygen atoms in total. The van der Waals surface area contributed by atoms with E-state index < -0.39 is 0 Å². The number of halogens is 1. The smallest absolute Gasteiger partial charge is 0.187 e. The van der Waals surface area contributed by atoms with Crippen LogP contribution in [0.2, 0.25) is 5.02 Å². The van der Waals surface area contributed by atoms with Crippen LogP contribution in [-0.2, 0) is 4.74 Å². The van der Waals surface area contributed by atoms with Crippen molar-refractivity contribution in [3.8, 4) is 11.3 Å². The molecule has 0 spiro atoms. The predicted molar refractivity (Wildman–Crippen MR) is 107 cm³/mol. The standard InChI is InChI=1S/C18H21ClN4O2S/c19-15-3-1-2-14(12-15)17-5-4-16(25-17)13-21-23(18(20)26)7-6-22-8-10-24-11-9-22/h1-5,12-13H,6-11H2,(H2,20,26)/b21-13+. The van der Waals surface area contributed by atoms with Gasteiger partial charge in [-0.2, -0.15) is 5.10 Å². The number of nitrogens with two attached hydrogens (primary N) is 1. The van der Waals surface area contributed by atoms with E-state index >= 15 is 0 Å². The Morgan fingerprint density at radius 3 is 2.85 bits per heavy atom. The zero-order chi connectivity index (χ0) is 18.4. The Hall–Kier alpha value is -1.93. The predicted octanol–water partition coefficient (Wildman–Crippen LogP) is 2.81. The van der Waals surface area contributed by atoms with E-state index in [1.807, 2.05) is 36.4 Å². The number of hydrazone groups is 1. The van der Waals surface area contributed by atoms with E-state index in [0.29, 0.717) is 17.3 Å². The number of furan rings is 1. The quantitative estimate of drug-likeness (QED) is 0.463. The monoisotopic (exact) mass is 392 g/mol. The molecule has 0 aliphatic carbocycles. The van der Waals surface area contributed by atoms with Crippen molar-refractivity contribution in [1.82, 2.24) is 9.91 Å². The Morgan fingerprint density at radius 2 is 2.12 bits per heavy atom. The minimum Gasteiger partial charge on any atom is -0.455 e.